The number of pyridine rings is 2. The van der Waals surface area contributed by atoms with Gasteiger partial charge in [0.25, 0.3) is 11.1 Å². The second kappa shape index (κ2) is 10.4. The molecule has 2 aliphatic rings. The summed E-state index contributed by atoms with van der Waals surface area (Å²) in [7, 11) is 1.52. The van der Waals surface area contributed by atoms with Crippen LogP contribution in [-0.4, -0.2) is 45.7 Å². The van der Waals surface area contributed by atoms with Crippen molar-refractivity contribution in [3.8, 4) is 11.5 Å². The number of methoxy groups -OCH3 is 1. The van der Waals surface area contributed by atoms with Crippen LogP contribution in [0.2, 0.25) is 0 Å². The van der Waals surface area contributed by atoms with E-state index in [1.165, 1.54) is 13.2 Å². The van der Waals surface area contributed by atoms with Crippen LogP contribution >= 0.6 is 0 Å². The Hall–Kier alpha value is -4.64. The van der Waals surface area contributed by atoms with Crippen molar-refractivity contribution < 1.29 is 19.1 Å². The zero-order valence-corrected chi connectivity index (χ0v) is 22.5. The van der Waals surface area contributed by atoms with E-state index in [1.54, 1.807) is 36.4 Å². The number of benzene rings is 1. The zero-order valence-electron chi connectivity index (χ0n) is 22.5. The maximum Gasteiger partial charge on any atom is 0.252 e. The van der Waals surface area contributed by atoms with Gasteiger partial charge in [0.15, 0.2) is 5.76 Å². The molecule has 11 nitrogen and oxygen atoms in total. The van der Waals surface area contributed by atoms with Crippen molar-refractivity contribution in [3.63, 3.8) is 0 Å². The molecule has 1 aromatic carbocycles. The highest BCUT2D eigenvalue weighted by Crippen LogP contribution is 2.37. The Morgan fingerprint density at radius 3 is 2.76 bits per heavy atom. The number of aromatic hydroxyl groups is 1. The molecule has 0 spiro atoms. The normalized spacial score (nSPS) is 19.0. The van der Waals surface area contributed by atoms with Crippen LogP contribution in [0.4, 0.5) is 0 Å². The van der Waals surface area contributed by atoms with Gasteiger partial charge in [-0.15, -0.1) is 0 Å². The first kappa shape index (κ1) is 26.6. The van der Waals surface area contributed by atoms with Crippen LogP contribution in [0.3, 0.4) is 0 Å². The van der Waals surface area contributed by atoms with E-state index in [9.17, 15) is 24.3 Å². The van der Waals surface area contributed by atoms with Crippen LogP contribution < -0.4 is 27.0 Å². The van der Waals surface area contributed by atoms with Crippen molar-refractivity contribution in [2.24, 2.45) is 11.7 Å². The molecule has 2 aliphatic heterocycles. The summed E-state index contributed by atoms with van der Waals surface area (Å²) in [4.78, 5) is 55.5. The lowest BCUT2D eigenvalue weighted by Crippen LogP contribution is -2.46. The Balaban J connectivity index is 1.35. The molecule has 11 heteroatoms. The molecule has 4 aromatic rings. The molecule has 41 heavy (non-hydrogen) atoms. The molecular formula is C30H30N4O7. The molecule has 1 unspecified atom stereocenters. The fourth-order valence-corrected chi connectivity index (χ4v) is 6.34. The third-order valence-electron chi connectivity index (χ3n) is 8.11. The van der Waals surface area contributed by atoms with Crippen LogP contribution in [-0.2, 0) is 17.9 Å². The second-order valence-electron chi connectivity index (χ2n) is 10.9. The smallest absolute Gasteiger partial charge is 0.252 e. The number of ether oxygens (including phenoxy) is 1. The Morgan fingerprint density at radius 1 is 1.15 bits per heavy atom. The number of piperidine rings is 1. The SMILES string of the molecule is COc1ccc2cc(C(CC(N)=O)c3oc(CN4C[C@H]5C[C@@H](C4)c4cccc(=O)n4C5)cc(=O)c3O)c(=O)[nH]c2c1. The molecule has 2 bridgehead atoms. The number of fused-ring (bicyclic) bond motifs is 5. The van der Waals surface area contributed by atoms with Gasteiger partial charge in [-0.2, -0.15) is 0 Å². The number of hydrogen-bond acceptors (Lipinski definition) is 8. The monoisotopic (exact) mass is 558 g/mol. The largest absolute Gasteiger partial charge is 0.502 e. The van der Waals surface area contributed by atoms with Crippen LogP contribution in [0, 0.1) is 5.92 Å². The third-order valence-corrected chi connectivity index (χ3v) is 8.11. The van der Waals surface area contributed by atoms with Gasteiger partial charge in [-0.3, -0.25) is 24.1 Å². The van der Waals surface area contributed by atoms with Crippen molar-refractivity contribution >= 4 is 16.8 Å². The number of nitrogens with two attached hydrogens (primary N) is 1. The molecule has 3 atom stereocenters. The number of H-pyrrole nitrogens is 1. The lowest BCUT2D eigenvalue weighted by molar-refractivity contribution is -0.118. The summed E-state index contributed by atoms with van der Waals surface area (Å²) < 4.78 is 13.2. The van der Waals surface area contributed by atoms with E-state index in [0.717, 1.165) is 12.1 Å². The lowest BCUT2D eigenvalue weighted by Gasteiger charge is -2.42. The van der Waals surface area contributed by atoms with Gasteiger partial charge in [0.05, 0.1) is 25.1 Å². The fraction of sp³-hybridized carbons (Fsp3) is 0.333. The number of aromatic nitrogens is 2. The standard InChI is InChI=1S/C30H30N4O7/c1-40-19-6-5-17-8-22(30(39)32-23(17)9-19)21(11-26(31)36)29-28(38)25(35)10-20(41-29)15-33-12-16-7-18(14-33)24-3-2-4-27(37)34(24)13-16/h2-6,8-10,16,18,21,38H,7,11-15H2,1H3,(H2,31,36)(H,32,39)/t16-,18+,21?/m1/s1. The number of hydrogen-bond donors (Lipinski definition) is 3. The minimum Gasteiger partial charge on any atom is -0.502 e. The summed E-state index contributed by atoms with van der Waals surface area (Å²) in [6.07, 6.45) is 0.617. The highest BCUT2D eigenvalue weighted by Gasteiger charge is 2.35. The van der Waals surface area contributed by atoms with E-state index in [1.807, 2.05) is 10.6 Å². The van der Waals surface area contributed by atoms with Gasteiger partial charge in [0.2, 0.25) is 17.1 Å². The first-order valence-electron chi connectivity index (χ1n) is 13.5. The van der Waals surface area contributed by atoms with Gasteiger partial charge in [0, 0.05) is 61.4 Å². The Labute approximate surface area is 233 Å². The highest BCUT2D eigenvalue weighted by molar-refractivity contribution is 5.81. The number of primary amides is 1. The molecule has 4 N–H and O–H groups in total. The molecule has 0 aliphatic carbocycles. The fourth-order valence-electron chi connectivity index (χ4n) is 6.34. The van der Waals surface area contributed by atoms with Gasteiger partial charge < -0.3 is 29.5 Å². The predicted molar refractivity (Wildman–Crippen MR) is 150 cm³/mol. The number of aromatic amines is 1. The number of rotatable bonds is 7. The zero-order chi connectivity index (χ0) is 28.8. The maximum atomic E-state index is 13.2. The number of carbonyl (C=O) groups is 1. The summed E-state index contributed by atoms with van der Waals surface area (Å²) in [5.41, 5.74) is 6.02. The Kier molecular flexibility index (Phi) is 6.74. The molecule has 1 fully saturated rings. The molecule has 1 amide bonds. The summed E-state index contributed by atoms with van der Waals surface area (Å²) in [6, 6.07) is 13.3. The molecule has 212 valence electrons. The summed E-state index contributed by atoms with van der Waals surface area (Å²) >= 11 is 0. The molecule has 5 heterocycles. The van der Waals surface area contributed by atoms with Gasteiger partial charge in [-0.25, -0.2) is 0 Å². The van der Waals surface area contributed by atoms with E-state index in [-0.39, 0.29) is 41.7 Å². The first-order valence-corrected chi connectivity index (χ1v) is 13.5. The van der Waals surface area contributed by atoms with Crippen molar-refractivity contribution in [2.45, 2.75) is 37.8 Å². The molecular weight excluding hydrogens is 528 g/mol. The molecule has 6 rings (SSSR count). The Bertz CT molecular complexity index is 1840. The lowest BCUT2D eigenvalue weighted by atomic mass is 9.83. The van der Waals surface area contributed by atoms with Gasteiger partial charge in [-0.05, 0) is 42.0 Å². The van der Waals surface area contributed by atoms with E-state index in [0.29, 0.717) is 42.0 Å². The van der Waals surface area contributed by atoms with Crippen LogP contribution in [0.5, 0.6) is 11.5 Å². The van der Waals surface area contributed by atoms with E-state index in [4.69, 9.17) is 14.9 Å². The van der Waals surface area contributed by atoms with Crippen LogP contribution in [0.25, 0.3) is 10.9 Å². The maximum absolute atomic E-state index is 13.2. The number of nitrogens with zero attached hydrogens (tertiary/aromatic N) is 2. The average molecular weight is 559 g/mol. The highest BCUT2D eigenvalue weighted by atomic mass is 16.5. The van der Waals surface area contributed by atoms with Gasteiger partial charge >= 0.3 is 0 Å². The predicted octanol–water partition coefficient (Wildman–Crippen LogP) is 1.98. The van der Waals surface area contributed by atoms with Gasteiger partial charge in [-0.1, -0.05) is 6.07 Å². The van der Waals surface area contributed by atoms with Crippen molar-refractivity contribution in [1.29, 1.82) is 0 Å². The van der Waals surface area contributed by atoms with Crippen molar-refractivity contribution in [2.75, 3.05) is 20.2 Å². The van der Waals surface area contributed by atoms with Crippen LogP contribution in [0.15, 0.2) is 67.3 Å². The average Bonchev–Trinajstić information content (AvgIpc) is 2.93. The third kappa shape index (κ3) is 5.04. The number of carbonyl (C=O) groups excluding carboxylic acids is 1. The Morgan fingerprint density at radius 2 is 1.98 bits per heavy atom. The second-order valence-corrected chi connectivity index (χ2v) is 10.9. The molecule has 1 saturated heterocycles. The van der Waals surface area contributed by atoms with Crippen LogP contribution in [0.1, 0.15) is 47.5 Å². The number of likely N-dealkylation sites (tertiary alicyclic amines) is 1. The summed E-state index contributed by atoms with van der Waals surface area (Å²) in [5, 5.41) is 11.4. The first-order chi connectivity index (χ1) is 19.7. The molecule has 0 radical (unpaired) electrons. The van der Waals surface area contributed by atoms with E-state index < -0.39 is 28.6 Å². The minimum atomic E-state index is -1.09. The van der Waals surface area contributed by atoms with E-state index >= 15 is 0 Å². The minimum absolute atomic E-state index is 0.00290. The van der Waals surface area contributed by atoms with Gasteiger partial charge in [0.1, 0.15) is 11.5 Å². The van der Waals surface area contributed by atoms with E-state index in [2.05, 4.69) is 9.88 Å². The molecule has 0 saturated carbocycles. The topological polar surface area (TPSA) is 161 Å². The molecule has 3 aromatic heterocycles. The van der Waals surface area contributed by atoms with Crippen molar-refractivity contribution in [1.82, 2.24) is 14.5 Å². The van der Waals surface area contributed by atoms with Crippen molar-refractivity contribution in [3.05, 3.63) is 102 Å². The number of amides is 1. The summed E-state index contributed by atoms with van der Waals surface area (Å²) in [6.45, 7) is 2.28. The number of nitrogens with one attached hydrogen (secondary N) is 1. The summed E-state index contributed by atoms with van der Waals surface area (Å²) in [5.74, 6) is -1.38. The quantitative estimate of drug-likeness (QED) is 0.310.